The summed E-state index contributed by atoms with van der Waals surface area (Å²) in [5.41, 5.74) is 0.840. The summed E-state index contributed by atoms with van der Waals surface area (Å²) in [7, 11) is -3.91. The Balaban J connectivity index is 1.86. The Hall–Kier alpha value is -0.885. The molecule has 0 aromatic heterocycles. The minimum absolute atomic E-state index is 0.162. The number of sulfone groups is 1. The van der Waals surface area contributed by atoms with Gasteiger partial charge in [0.15, 0.2) is 9.84 Å². The predicted octanol–water partition coefficient (Wildman–Crippen LogP) is 2.49. The quantitative estimate of drug-likeness (QED) is 0.752. The van der Waals surface area contributed by atoms with Gasteiger partial charge in [0.25, 0.3) is 0 Å². The molecule has 0 saturated carbocycles. The van der Waals surface area contributed by atoms with E-state index in [4.69, 9.17) is 14.0 Å². The zero-order chi connectivity index (χ0) is 19.2. The molecule has 0 amide bonds. The Morgan fingerprint density at radius 2 is 1.65 bits per heavy atom. The Morgan fingerprint density at radius 3 is 2.23 bits per heavy atom. The van der Waals surface area contributed by atoms with Crippen molar-refractivity contribution in [2.75, 3.05) is 19.0 Å². The molecule has 0 atom stereocenters. The highest BCUT2D eigenvalue weighted by atomic mass is 32.2. The number of aryl methyl sites for hydroxylation is 1. The summed E-state index contributed by atoms with van der Waals surface area (Å²) in [6.45, 7) is 11.2. The second-order valence-electron chi connectivity index (χ2n) is 8.44. The van der Waals surface area contributed by atoms with Gasteiger partial charge in [-0.3, -0.25) is 0 Å². The average Bonchev–Trinajstić information content (AvgIpc) is 2.76. The van der Waals surface area contributed by atoms with Crippen LogP contribution in [0.15, 0.2) is 23.1 Å². The van der Waals surface area contributed by atoms with Crippen molar-refractivity contribution in [2.45, 2.75) is 63.6 Å². The lowest BCUT2D eigenvalue weighted by atomic mass is 9.76. The molecule has 2 saturated heterocycles. The summed E-state index contributed by atoms with van der Waals surface area (Å²) in [6, 6.07) is 5.27. The van der Waals surface area contributed by atoms with E-state index < -0.39 is 28.2 Å². The molecule has 2 fully saturated rings. The van der Waals surface area contributed by atoms with Gasteiger partial charge in [0.05, 0.1) is 21.9 Å². The van der Waals surface area contributed by atoms with Crippen LogP contribution in [0.25, 0.3) is 0 Å². The van der Waals surface area contributed by atoms with Crippen LogP contribution in [0.1, 0.15) is 46.1 Å². The first-order valence-corrected chi connectivity index (χ1v) is 10.9. The van der Waals surface area contributed by atoms with Gasteiger partial charge in [-0.1, -0.05) is 11.6 Å². The molecule has 144 valence electrons. The predicted molar refractivity (Wildman–Crippen MR) is 102 cm³/mol. The first kappa shape index (κ1) is 19.9. The molecule has 1 aromatic carbocycles. The van der Waals surface area contributed by atoms with E-state index >= 15 is 0 Å². The topological polar surface area (TPSA) is 61.8 Å². The van der Waals surface area contributed by atoms with E-state index in [1.54, 1.807) is 12.1 Å². The van der Waals surface area contributed by atoms with Crippen LogP contribution in [0.4, 0.5) is 0 Å². The molecule has 1 aromatic rings. The molecule has 7 heteroatoms. The lowest BCUT2D eigenvalue weighted by Crippen LogP contribution is -2.41. The molecule has 5 nitrogen and oxygen atoms in total. The van der Waals surface area contributed by atoms with Crippen molar-refractivity contribution in [3.05, 3.63) is 23.8 Å². The monoisotopic (exact) mass is 380 g/mol. The fourth-order valence-corrected chi connectivity index (χ4v) is 5.08. The van der Waals surface area contributed by atoms with Gasteiger partial charge in [-0.2, -0.15) is 0 Å². The van der Waals surface area contributed by atoms with E-state index in [0.717, 1.165) is 23.9 Å². The van der Waals surface area contributed by atoms with Gasteiger partial charge in [0.1, 0.15) is 0 Å². The summed E-state index contributed by atoms with van der Waals surface area (Å²) >= 11 is 0. The number of ether oxygens (including phenoxy) is 1. The van der Waals surface area contributed by atoms with Crippen LogP contribution in [0.3, 0.4) is 0 Å². The highest BCUT2D eigenvalue weighted by Gasteiger charge is 2.52. The number of benzene rings is 1. The van der Waals surface area contributed by atoms with Gasteiger partial charge < -0.3 is 14.0 Å². The first-order chi connectivity index (χ1) is 12.0. The smallest absolute Gasteiger partial charge is 0.399 e. The molecule has 2 aliphatic rings. The molecule has 2 heterocycles. The van der Waals surface area contributed by atoms with Crippen molar-refractivity contribution >= 4 is 22.4 Å². The minimum Gasteiger partial charge on any atom is -0.399 e. The summed E-state index contributed by atoms with van der Waals surface area (Å²) < 4.78 is 43.4. The molecule has 2 aliphatic heterocycles. The maximum absolute atomic E-state index is 12.9. The van der Waals surface area contributed by atoms with E-state index in [0.29, 0.717) is 18.1 Å². The lowest BCUT2D eigenvalue weighted by Gasteiger charge is -2.32. The molecule has 0 N–H and O–H groups in total. The fourth-order valence-electron chi connectivity index (χ4n) is 3.36. The number of rotatable bonds is 4. The van der Waals surface area contributed by atoms with Crippen LogP contribution in [0, 0.1) is 12.8 Å². The summed E-state index contributed by atoms with van der Waals surface area (Å²) in [5.74, 6) is 0.331. The van der Waals surface area contributed by atoms with Gasteiger partial charge >= 0.3 is 7.12 Å². The van der Waals surface area contributed by atoms with E-state index in [-0.39, 0.29) is 11.7 Å². The van der Waals surface area contributed by atoms with Crippen LogP contribution in [0.5, 0.6) is 0 Å². The second kappa shape index (κ2) is 6.93. The van der Waals surface area contributed by atoms with Crippen LogP contribution >= 0.6 is 0 Å². The summed E-state index contributed by atoms with van der Waals surface area (Å²) in [5, 5.41) is 0. The van der Waals surface area contributed by atoms with Crippen molar-refractivity contribution in [1.29, 1.82) is 0 Å². The first-order valence-electron chi connectivity index (χ1n) is 9.28. The molecular formula is C19H29BO5S. The van der Waals surface area contributed by atoms with Crippen molar-refractivity contribution < 1.29 is 22.5 Å². The Labute approximate surface area is 157 Å². The van der Waals surface area contributed by atoms with Gasteiger partial charge in [0.2, 0.25) is 0 Å². The zero-order valence-electron chi connectivity index (χ0n) is 16.4. The van der Waals surface area contributed by atoms with E-state index in [1.807, 2.05) is 40.7 Å². The Morgan fingerprint density at radius 1 is 1.08 bits per heavy atom. The standard InChI is InChI=1S/C19H29BO5S/c1-14-6-7-16(26(21,22)13-15-8-10-23-11-9-15)12-17(14)20-24-18(2,3)19(4,5)25-20/h6-7,12,15H,8-11,13H2,1-5H3. The summed E-state index contributed by atoms with van der Waals surface area (Å²) in [4.78, 5) is 0.347. The largest absolute Gasteiger partial charge is 0.495 e. The molecule has 26 heavy (non-hydrogen) atoms. The average molecular weight is 380 g/mol. The third-order valence-electron chi connectivity index (χ3n) is 5.91. The molecule has 0 aliphatic carbocycles. The van der Waals surface area contributed by atoms with Crippen LogP contribution < -0.4 is 5.46 Å². The molecule has 3 rings (SSSR count). The van der Waals surface area contributed by atoms with Crippen molar-refractivity contribution in [1.82, 2.24) is 0 Å². The third-order valence-corrected chi connectivity index (χ3v) is 7.80. The number of hydrogen-bond acceptors (Lipinski definition) is 5. The molecule has 0 radical (unpaired) electrons. The summed E-state index contributed by atoms with van der Waals surface area (Å²) in [6.07, 6.45) is 1.60. The normalized spacial score (nSPS) is 23.3. The van der Waals surface area contributed by atoms with E-state index in [9.17, 15) is 8.42 Å². The van der Waals surface area contributed by atoms with Crippen LogP contribution in [0.2, 0.25) is 0 Å². The highest BCUT2D eigenvalue weighted by Crippen LogP contribution is 2.36. The maximum atomic E-state index is 12.9. The second-order valence-corrected chi connectivity index (χ2v) is 10.5. The molecule has 0 spiro atoms. The third kappa shape index (κ3) is 3.86. The van der Waals surface area contributed by atoms with Crippen molar-refractivity contribution in [3.8, 4) is 0 Å². The maximum Gasteiger partial charge on any atom is 0.495 e. The van der Waals surface area contributed by atoms with Crippen LogP contribution in [-0.2, 0) is 23.9 Å². The van der Waals surface area contributed by atoms with Crippen LogP contribution in [-0.4, -0.2) is 45.7 Å². The molecule has 0 unspecified atom stereocenters. The number of hydrogen-bond donors (Lipinski definition) is 0. The van der Waals surface area contributed by atoms with E-state index in [1.165, 1.54) is 0 Å². The van der Waals surface area contributed by atoms with Gasteiger partial charge in [0, 0.05) is 13.2 Å². The SMILES string of the molecule is Cc1ccc(S(=O)(=O)CC2CCOCC2)cc1B1OC(C)(C)C(C)(C)O1. The Bertz CT molecular complexity index is 750. The van der Waals surface area contributed by atoms with Crippen molar-refractivity contribution in [3.63, 3.8) is 0 Å². The lowest BCUT2D eigenvalue weighted by molar-refractivity contribution is 0.00578. The van der Waals surface area contributed by atoms with E-state index in [2.05, 4.69) is 0 Å². The van der Waals surface area contributed by atoms with Gasteiger partial charge in [-0.05, 0) is 71.0 Å². The highest BCUT2D eigenvalue weighted by molar-refractivity contribution is 7.91. The van der Waals surface area contributed by atoms with Gasteiger partial charge in [-0.15, -0.1) is 0 Å². The molecular weight excluding hydrogens is 351 g/mol. The van der Waals surface area contributed by atoms with Crippen molar-refractivity contribution in [2.24, 2.45) is 5.92 Å². The Kier molecular flexibility index (Phi) is 5.30. The fraction of sp³-hybridized carbons (Fsp3) is 0.684. The zero-order valence-corrected chi connectivity index (χ0v) is 17.2. The minimum atomic E-state index is -3.35. The van der Waals surface area contributed by atoms with Gasteiger partial charge in [-0.25, -0.2) is 8.42 Å². The molecule has 0 bridgehead atoms.